The van der Waals surface area contributed by atoms with E-state index in [2.05, 4.69) is 17.2 Å². The first-order valence-corrected chi connectivity index (χ1v) is 5.47. The number of hydrogen-bond acceptors (Lipinski definition) is 1. The average Bonchev–Trinajstić information content (AvgIpc) is 2.22. The third-order valence-electron chi connectivity index (χ3n) is 2.01. The minimum Gasteiger partial charge on any atom is -0.355 e. The van der Waals surface area contributed by atoms with E-state index in [1.54, 1.807) is 0 Å². The van der Waals surface area contributed by atoms with Gasteiger partial charge >= 0.3 is 0 Å². The first kappa shape index (κ1) is 12.6. The highest BCUT2D eigenvalue weighted by molar-refractivity contribution is 6.31. The fraction of sp³-hybridized carbons (Fsp3) is 0.308. The number of rotatable bonds is 2. The van der Waals surface area contributed by atoms with Crippen molar-refractivity contribution in [2.24, 2.45) is 0 Å². The molecule has 1 rings (SSSR count). The molecule has 2 nitrogen and oxygen atoms in total. The van der Waals surface area contributed by atoms with Crippen molar-refractivity contribution in [3.05, 3.63) is 34.3 Å². The Labute approximate surface area is 101 Å². The normalized spacial score (nSPS) is 9.19. The molecule has 0 spiro atoms. The molecule has 0 aliphatic carbocycles. The van der Waals surface area contributed by atoms with Gasteiger partial charge in [-0.05, 0) is 30.7 Å². The first-order valence-electron chi connectivity index (χ1n) is 5.09. The molecule has 0 bridgehead atoms. The molecule has 0 radical (unpaired) electrons. The molecule has 1 N–H and O–H groups in total. The van der Waals surface area contributed by atoms with Crippen molar-refractivity contribution in [1.82, 2.24) is 5.32 Å². The molecule has 0 aromatic heterocycles. The highest BCUT2D eigenvalue weighted by atomic mass is 35.5. The number of carbonyl (C=O) groups is 1. The maximum absolute atomic E-state index is 10.6. The molecule has 84 valence electrons. The van der Waals surface area contributed by atoms with Crippen molar-refractivity contribution < 1.29 is 4.79 Å². The third-order valence-corrected chi connectivity index (χ3v) is 2.44. The monoisotopic (exact) mass is 235 g/mol. The molecule has 1 amide bonds. The second-order valence-corrected chi connectivity index (χ2v) is 3.91. The number of amides is 1. The standard InChI is InChI=1S/C13H14ClNO/c1-10-9-12(6-7-13(10)14)5-3-4-8-15-11(2)16/h6-7,9H,4,8H2,1-2H3,(H,15,16). The summed E-state index contributed by atoms with van der Waals surface area (Å²) in [7, 11) is 0. The van der Waals surface area contributed by atoms with Crippen LogP contribution in [0.5, 0.6) is 0 Å². The lowest BCUT2D eigenvalue weighted by atomic mass is 10.1. The van der Waals surface area contributed by atoms with E-state index in [-0.39, 0.29) is 5.91 Å². The van der Waals surface area contributed by atoms with Crippen molar-refractivity contribution >= 4 is 17.5 Å². The number of aryl methyl sites for hydroxylation is 1. The van der Waals surface area contributed by atoms with Crippen LogP contribution in [0.25, 0.3) is 0 Å². The maximum atomic E-state index is 10.6. The Balaban J connectivity index is 2.50. The summed E-state index contributed by atoms with van der Waals surface area (Å²) in [6, 6.07) is 5.68. The van der Waals surface area contributed by atoms with Gasteiger partial charge in [0.15, 0.2) is 0 Å². The highest BCUT2D eigenvalue weighted by Gasteiger charge is 1.94. The van der Waals surface area contributed by atoms with E-state index in [1.165, 1.54) is 6.92 Å². The van der Waals surface area contributed by atoms with E-state index in [9.17, 15) is 4.79 Å². The Kier molecular flexibility index (Phi) is 4.88. The van der Waals surface area contributed by atoms with Crippen LogP contribution < -0.4 is 5.32 Å². The lowest BCUT2D eigenvalue weighted by molar-refractivity contribution is -0.118. The van der Waals surface area contributed by atoms with E-state index in [1.807, 2.05) is 25.1 Å². The van der Waals surface area contributed by atoms with Crippen molar-refractivity contribution in [3.8, 4) is 11.8 Å². The van der Waals surface area contributed by atoms with Crippen molar-refractivity contribution in [2.45, 2.75) is 20.3 Å². The summed E-state index contributed by atoms with van der Waals surface area (Å²) in [5, 5.41) is 3.44. The second kappa shape index (κ2) is 6.19. The van der Waals surface area contributed by atoms with Crippen LogP contribution in [-0.2, 0) is 4.79 Å². The van der Waals surface area contributed by atoms with Gasteiger partial charge in [-0.1, -0.05) is 23.4 Å². The fourth-order valence-corrected chi connectivity index (χ4v) is 1.31. The molecule has 0 saturated heterocycles. The van der Waals surface area contributed by atoms with E-state index >= 15 is 0 Å². The van der Waals surface area contributed by atoms with Gasteiger partial charge in [-0.15, -0.1) is 0 Å². The molecule has 0 aliphatic heterocycles. The van der Waals surface area contributed by atoms with Gasteiger partial charge in [0.25, 0.3) is 0 Å². The molecule has 0 aliphatic rings. The average molecular weight is 236 g/mol. The Morgan fingerprint density at radius 2 is 2.25 bits per heavy atom. The third kappa shape index (κ3) is 4.37. The van der Waals surface area contributed by atoms with Crippen LogP contribution in [0.2, 0.25) is 5.02 Å². The van der Waals surface area contributed by atoms with Crippen LogP contribution in [0.1, 0.15) is 24.5 Å². The van der Waals surface area contributed by atoms with Crippen LogP contribution in [0, 0.1) is 18.8 Å². The molecule has 0 saturated carbocycles. The van der Waals surface area contributed by atoms with Crippen LogP contribution in [0.15, 0.2) is 18.2 Å². The first-order chi connectivity index (χ1) is 7.59. The predicted octanol–water partition coefficient (Wildman–Crippen LogP) is 2.53. The van der Waals surface area contributed by atoms with Gasteiger partial charge in [-0.2, -0.15) is 0 Å². The van der Waals surface area contributed by atoms with Gasteiger partial charge in [-0.3, -0.25) is 4.79 Å². The van der Waals surface area contributed by atoms with Gasteiger partial charge < -0.3 is 5.32 Å². The molecule has 0 unspecified atom stereocenters. The van der Waals surface area contributed by atoms with E-state index in [0.29, 0.717) is 13.0 Å². The Morgan fingerprint density at radius 3 is 2.88 bits per heavy atom. The zero-order chi connectivity index (χ0) is 12.0. The Morgan fingerprint density at radius 1 is 1.50 bits per heavy atom. The summed E-state index contributed by atoms with van der Waals surface area (Å²) in [5.41, 5.74) is 1.97. The molecule has 1 aromatic carbocycles. The van der Waals surface area contributed by atoms with Gasteiger partial charge in [0.1, 0.15) is 0 Å². The quantitative estimate of drug-likeness (QED) is 0.620. The highest BCUT2D eigenvalue weighted by Crippen LogP contribution is 2.15. The topological polar surface area (TPSA) is 29.1 Å². The van der Waals surface area contributed by atoms with E-state index in [4.69, 9.17) is 11.6 Å². The summed E-state index contributed by atoms with van der Waals surface area (Å²) < 4.78 is 0. The van der Waals surface area contributed by atoms with Crippen molar-refractivity contribution in [2.75, 3.05) is 6.54 Å². The van der Waals surface area contributed by atoms with E-state index < -0.39 is 0 Å². The summed E-state index contributed by atoms with van der Waals surface area (Å²) in [6.45, 7) is 4.04. The van der Waals surface area contributed by atoms with Crippen LogP contribution in [0.3, 0.4) is 0 Å². The number of halogens is 1. The van der Waals surface area contributed by atoms with Gasteiger partial charge in [0.05, 0.1) is 0 Å². The summed E-state index contributed by atoms with van der Waals surface area (Å²) in [5.74, 6) is 6.00. The van der Waals surface area contributed by atoms with Crippen molar-refractivity contribution in [3.63, 3.8) is 0 Å². The molecule has 0 fully saturated rings. The predicted molar refractivity (Wildman–Crippen MR) is 66.4 cm³/mol. The molecule has 0 atom stereocenters. The summed E-state index contributed by atoms with van der Waals surface area (Å²) >= 11 is 5.90. The Hall–Kier alpha value is -1.46. The lowest BCUT2D eigenvalue weighted by Crippen LogP contribution is -2.20. The Bertz CT molecular complexity index is 443. The van der Waals surface area contributed by atoms with Crippen LogP contribution in [0.4, 0.5) is 0 Å². The number of nitrogens with one attached hydrogen (secondary N) is 1. The van der Waals surface area contributed by atoms with Crippen LogP contribution in [-0.4, -0.2) is 12.5 Å². The van der Waals surface area contributed by atoms with Gasteiger partial charge in [0, 0.05) is 30.5 Å². The van der Waals surface area contributed by atoms with E-state index in [0.717, 1.165) is 16.1 Å². The molecule has 0 heterocycles. The number of carbonyl (C=O) groups excluding carboxylic acids is 1. The maximum Gasteiger partial charge on any atom is 0.216 e. The SMILES string of the molecule is CC(=O)NCCC#Cc1ccc(Cl)c(C)c1. The number of hydrogen-bond donors (Lipinski definition) is 1. The summed E-state index contributed by atoms with van der Waals surface area (Å²) in [6.07, 6.45) is 0.654. The lowest BCUT2D eigenvalue weighted by Gasteiger charge is -1.97. The minimum atomic E-state index is -0.0239. The second-order valence-electron chi connectivity index (χ2n) is 3.50. The minimum absolute atomic E-state index is 0.0239. The largest absolute Gasteiger partial charge is 0.355 e. The zero-order valence-electron chi connectivity index (χ0n) is 9.43. The number of benzene rings is 1. The zero-order valence-corrected chi connectivity index (χ0v) is 10.2. The smallest absolute Gasteiger partial charge is 0.216 e. The molecule has 16 heavy (non-hydrogen) atoms. The fourth-order valence-electron chi connectivity index (χ4n) is 1.19. The van der Waals surface area contributed by atoms with Gasteiger partial charge in [0.2, 0.25) is 5.91 Å². The summed E-state index contributed by atoms with van der Waals surface area (Å²) in [4.78, 5) is 10.6. The van der Waals surface area contributed by atoms with Crippen molar-refractivity contribution in [1.29, 1.82) is 0 Å². The van der Waals surface area contributed by atoms with Gasteiger partial charge in [-0.25, -0.2) is 0 Å². The molecule has 3 heteroatoms. The molecule has 1 aromatic rings. The van der Waals surface area contributed by atoms with Crippen LogP contribution >= 0.6 is 11.6 Å². The molecular weight excluding hydrogens is 222 g/mol. The molecular formula is C13H14ClNO.